The maximum atomic E-state index is 5.84. The highest BCUT2D eigenvalue weighted by Gasteiger charge is 2.08. The summed E-state index contributed by atoms with van der Waals surface area (Å²) in [5, 5.41) is 5.24. The van der Waals surface area contributed by atoms with Gasteiger partial charge in [-0.25, -0.2) is 0 Å². The molecule has 30 heavy (non-hydrogen) atoms. The van der Waals surface area contributed by atoms with E-state index >= 15 is 0 Å². The summed E-state index contributed by atoms with van der Waals surface area (Å²) in [5.74, 6) is 0. The van der Waals surface area contributed by atoms with E-state index < -0.39 is 0 Å². The molecule has 0 fully saturated rings. The molecule has 2 heteroatoms. The van der Waals surface area contributed by atoms with Crippen LogP contribution < -0.4 is 0 Å². The lowest BCUT2D eigenvalue weighted by Gasteiger charge is -1.98. The van der Waals surface area contributed by atoms with Crippen LogP contribution in [0.25, 0.3) is 42.1 Å². The van der Waals surface area contributed by atoms with E-state index in [1.165, 1.54) is 53.2 Å². The highest BCUT2D eigenvalue weighted by molar-refractivity contribution is 7.26. The molecule has 0 bridgehead atoms. The normalized spacial score (nSPS) is 11.3. The molecule has 0 amide bonds. The van der Waals surface area contributed by atoms with Gasteiger partial charge in [-0.2, -0.15) is 0 Å². The predicted octanol–water partition coefficient (Wildman–Crippen LogP) is 8.87. The van der Waals surface area contributed by atoms with Gasteiger partial charge in [0.1, 0.15) is 11.2 Å². The number of benzene rings is 4. The zero-order chi connectivity index (χ0) is 20.8. The third kappa shape index (κ3) is 3.18. The molecule has 148 valence electrons. The molecule has 0 saturated heterocycles. The topological polar surface area (TPSA) is 13.1 Å². The van der Waals surface area contributed by atoms with Gasteiger partial charge in [-0.05, 0) is 68.7 Å². The van der Waals surface area contributed by atoms with E-state index in [-0.39, 0.29) is 0 Å². The van der Waals surface area contributed by atoms with Gasteiger partial charge in [-0.15, -0.1) is 11.3 Å². The Kier molecular flexibility index (Phi) is 4.60. The quantitative estimate of drug-likeness (QED) is 0.244. The van der Waals surface area contributed by atoms with Gasteiger partial charge >= 0.3 is 0 Å². The summed E-state index contributed by atoms with van der Waals surface area (Å²) in [6.07, 6.45) is 0. The predicted molar refractivity (Wildman–Crippen MR) is 132 cm³/mol. The lowest BCUT2D eigenvalue weighted by Crippen LogP contribution is -1.76. The van der Waals surface area contributed by atoms with Gasteiger partial charge in [0, 0.05) is 30.9 Å². The minimum Gasteiger partial charge on any atom is -0.456 e. The molecule has 0 aliphatic rings. The van der Waals surface area contributed by atoms with Gasteiger partial charge in [-0.3, -0.25) is 0 Å². The fraction of sp³-hybridized carbons (Fsp3) is 0.143. The van der Waals surface area contributed by atoms with Crippen LogP contribution in [0.4, 0.5) is 0 Å². The lowest BCUT2D eigenvalue weighted by atomic mass is 10.1. The Morgan fingerprint density at radius 3 is 2.03 bits per heavy atom. The fourth-order valence-corrected chi connectivity index (χ4v) is 5.51. The van der Waals surface area contributed by atoms with Crippen molar-refractivity contribution in [3.05, 3.63) is 95.1 Å². The number of hydrogen-bond acceptors (Lipinski definition) is 2. The summed E-state index contributed by atoms with van der Waals surface area (Å²) < 4.78 is 8.66. The van der Waals surface area contributed by atoms with E-state index in [4.69, 9.17) is 4.42 Å². The monoisotopic (exact) mass is 408 g/mol. The van der Waals surface area contributed by atoms with E-state index in [1.807, 2.05) is 23.5 Å². The van der Waals surface area contributed by atoms with Crippen LogP contribution in [-0.2, 0) is 0 Å². The average molecular weight is 409 g/mol. The van der Waals surface area contributed by atoms with E-state index in [0.717, 1.165) is 11.2 Å². The molecular formula is C28H24OS. The molecule has 0 atom stereocenters. The van der Waals surface area contributed by atoms with Crippen LogP contribution in [0, 0.1) is 27.7 Å². The molecule has 2 heterocycles. The summed E-state index contributed by atoms with van der Waals surface area (Å²) >= 11 is 1.90. The van der Waals surface area contributed by atoms with Gasteiger partial charge in [0.05, 0.1) is 0 Å². The van der Waals surface area contributed by atoms with E-state index in [9.17, 15) is 0 Å². The second kappa shape index (κ2) is 7.30. The molecule has 0 N–H and O–H groups in total. The SMILES string of the molecule is Cc1cc(C)c2oc3ccccc3c2c1.Cc1cc(C)c2sc3ccccc3c2c1. The second-order valence-electron chi connectivity index (χ2n) is 8.11. The third-order valence-electron chi connectivity index (χ3n) is 5.62. The molecule has 0 saturated carbocycles. The fourth-order valence-electron chi connectivity index (χ4n) is 4.36. The van der Waals surface area contributed by atoms with Gasteiger partial charge in [0.15, 0.2) is 0 Å². The highest BCUT2D eigenvalue weighted by atomic mass is 32.1. The van der Waals surface area contributed by atoms with Gasteiger partial charge in [0.25, 0.3) is 0 Å². The molecule has 1 nitrogen and oxygen atoms in total. The smallest absolute Gasteiger partial charge is 0.138 e. The summed E-state index contributed by atoms with van der Waals surface area (Å²) in [7, 11) is 0. The third-order valence-corrected chi connectivity index (χ3v) is 6.94. The minimum absolute atomic E-state index is 0.973. The Balaban J connectivity index is 0.000000128. The largest absolute Gasteiger partial charge is 0.456 e. The van der Waals surface area contributed by atoms with Crippen LogP contribution in [0.1, 0.15) is 22.3 Å². The highest BCUT2D eigenvalue weighted by Crippen LogP contribution is 2.36. The summed E-state index contributed by atoms with van der Waals surface area (Å²) in [4.78, 5) is 0. The standard InChI is InChI=1S/C14H12O.C14H12S/c2*1-9-7-10(2)14-12(8-9)11-5-3-4-6-13(11)15-14/h2*3-8H,1-2H3. The maximum absolute atomic E-state index is 5.84. The van der Waals surface area contributed by atoms with Crippen LogP contribution in [0.15, 0.2) is 77.2 Å². The molecule has 0 radical (unpaired) electrons. The Hall–Kier alpha value is -3.10. The van der Waals surface area contributed by atoms with Crippen molar-refractivity contribution in [2.24, 2.45) is 0 Å². The van der Waals surface area contributed by atoms with Gasteiger partial charge < -0.3 is 4.42 Å². The van der Waals surface area contributed by atoms with Crippen molar-refractivity contribution in [3.63, 3.8) is 0 Å². The molecule has 0 spiro atoms. The van der Waals surface area contributed by atoms with Crippen molar-refractivity contribution in [2.75, 3.05) is 0 Å². The Morgan fingerprint density at radius 1 is 0.600 bits per heavy atom. The Labute approximate surface area is 180 Å². The van der Waals surface area contributed by atoms with Crippen molar-refractivity contribution >= 4 is 53.4 Å². The molecule has 2 aromatic heterocycles. The summed E-state index contributed by atoms with van der Waals surface area (Å²) in [6.45, 7) is 8.58. The van der Waals surface area contributed by atoms with E-state index in [2.05, 4.69) is 88.4 Å². The first-order chi connectivity index (χ1) is 14.5. The van der Waals surface area contributed by atoms with Crippen molar-refractivity contribution < 1.29 is 4.42 Å². The zero-order valence-electron chi connectivity index (χ0n) is 17.7. The molecule has 6 rings (SSSR count). The van der Waals surface area contributed by atoms with Crippen LogP contribution in [0.3, 0.4) is 0 Å². The van der Waals surface area contributed by atoms with Gasteiger partial charge in [0.2, 0.25) is 0 Å². The number of rotatable bonds is 0. The van der Waals surface area contributed by atoms with Crippen LogP contribution in [0.5, 0.6) is 0 Å². The van der Waals surface area contributed by atoms with Crippen molar-refractivity contribution in [2.45, 2.75) is 27.7 Å². The van der Waals surface area contributed by atoms with Gasteiger partial charge in [-0.1, -0.05) is 54.1 Å². The summed E-state index contributed by atoms with van der Waals surface area (Å²) in [6, 6.07) is 25.7. The number of furan rings is 1. The number of aryl methyl sites for hydroxylation is 4. The zero-order valence-corrected chi connectivity index (χ0v) is 18.6. The van der Waals surface area contributed by atoms with Crippen LogP contribution >= 0.6 is 11.3 Å². The first kappa shape index (κ1) is 18.9. The summed E-state index contributed by atoms with van der Waals surface area (Å²) in [5.41, 5.74) is 7.23. The number of thiophene rings is 1. The van der Waals surface area contributed by atoms with Crippen LogP contribution in [0.2, 0.25) is 0 Å². The first-order valence-electron chi connectivity index (χ1n) is 10.3. The minimum atomic E-state index is 0.973. The number of para-hydroxylation sites is 1. The molecule has 4 aromatic carbocycles. The average Bonchev–Trinajstić information content (AvgIpc) is 3.28. The number of hydrogen-bond donors (Lipinski definition) is 0. The molecule has 0 unspecified atom stereocenters. The Bertz CT molecular complexity index is 1410. The molecule has 0 aliphatic heterocycles. The first-order valence-corrected chi connectivity index (χ1v) is 11.1. The van der Waals surface area contributed by atoms with Crippen molar-refractivity contribution in [1.29, 1.82) is 0 Å². The maximum Gasteiger partial charge on any atom is 0.138 e. The lowest BCUT2D eigenvalue weighted by molar-refractivity contribution is 0.665. The van der Waals surface area contributed by atoms with E-state index in [0.29, 0.717) is 0 Å². The van der Waals surface area contributed by atoms with Crippen molar-refractivity contribution in [3.8, 4) is 0 Å². The number of fused-ring (bicyclic) bond motifs is 6. The molecule has 0 aliphatic carbocycles. The Morgan fingerprint density at radius 2 is 1.23 bits per heavy atom. The molecule has 6 aromatic rings. The molecular weight excluding hydrogens is 384 g/mol. The van der Waals surface area contributed by atoms with Crippen molar-refractivity contribution in [1.82, 2.24) is 0 Å². The van der Waals surface area contributed by atoms with E-state index in [1.54, 1.807) is 0 Å². The van der Waals surface area contributed by atoms with Crippen LogP contribution in [-0.4, -0.2) is 0 Å². The second-order valence-corrected chi connectivity index (χ2v) is 9.17.